The van der Waals surface area contributed by atoms with Gasteiger partial charge in [0.15, 0.2) is 0 Å². The highest BCUT2D eigenvalue weighted by molar-refractivity contribution is 7.99. The molecule has 0 N–H and O–H groups in total. The third-order valence-electron chi connectivity index (χ3n) is 4.44. The SMILES string of the molecule is CSC1CC(CC(C)C2CCCC2)C1. The number of rotatable bonds is 4. The summed E-state index contributed by atoms with van der Waals surface area (Å²) in [6, 6.07) is 0. The lowest BCUT2D eigenvalue weighted by Gasteiger charge is -2.37. The smallest absolute Gasteiger partial charge is 0.00495 e. The van der Waals surface area contributed by atoms with Crippen molar-refractivity contribution in [2.75, 3.05) is 6.26 Å². The summed E-state index contributed by atoms with van der Waals surface area (Å²) in [5.41, 5.74) is 0. The van der Waals surface area contributed by atoms with E-state index < -0.39 is 0 Å². The average molecular weight is 212 g/mol. The lowest BCUT2D eigenvalue weighted by molar-refractivity contribution is 0.222. The van der Waals surface area contributed by atoms with Crippen molar-refractivity contribution in [3.63, 3.8) is 0 Å². The molecule has 2 aliphatic carbocycles. The third-order valence-corrected chi connectivity index (χ3v) is 5.49. The normalized spacial score (nSPS) is 35.6. The Labute approximate surface area is 93.2 Å². The molecule has 0 aliphatic heterocycles. The molecule has 2 fully saturated rings. The summed E-state index contributed by atoms with van der Waals surface area (Å²) in [6.07, 6.45) is 12.9. The fourth-order valence-electron chi connectivity index (χ4n) is 3.30. The van der Waals surface area contributed by atoms with Crippen LogP contribution in [0.5, 0.6) is 0 Å². The molecule has 0 spiro atoms. The zero-order valence-corrected chi connectivity index (χ0v) is 10.5. The van der Waals surface area contributed by atoms with Gasteiger partial charge in [-0.1, -0.05) is 32.6 Å². The van der Waals surface area contributed by atoms with Crippen LogP contribution in [0.3, 0.4) is 0 Å². The molecule has 0 saturated heterocycles. The Kier molecular flexibility index (Phi) is 3.81. The summed E-state index contributed by atoms with van der Waals surface area (Å²) < 4.78 is 0. The van der Waals surface area contributed by atoms with E-state index in [0.717, 1.165) is 23.0 Å². The Balaban J connectivity index is 1.65. The van der Waals surface area contributed by atoms with Crippen LogP contribution in [0, 0.1) is 17.8 Å². The van der Waals surface area contributed by atoms with Crippen LogP contribution in [0.2, 0.25) is 0 Å². The maximum atomic E-state index is 2.50. The summed E-state index contributed by atoms with van der Waals surface area (Å²) >= 11 is 2.07. The van der Waals surface area contributed by atoms with Gasteiger partial charge in [0.2, 0.25) is 0 Å². The van der Waals surface area contributed by atoms with Crippen LogP contribution in [-0.4, -0.2) is 11.5 Å². The van der Waals surface area contributed by atoms with Crippen molar-refractivity contribution in [1.82, 2.24) is 0 Å². The zero-order chi connectivity index (χ0) is 9.97. The Morgan fingerprint density at radius 3 is 2.43 bits per heavy atom. The van der Waals surface area contributed by atoms with Gasteiger partial charge in [0.25, 0.3) is 0 Å². The summed E-state index contributed by atoms with van der Waals surface area (Å²) in [6.45, 7) is 2.50. The van der Waals surface area contributed by atoms with Gasteiger partial charge < -0.3 is 0 Å². The topological polar surface area (TPSA) is 0 Å². The highest BCUT2D eigenvalue weighted by Crippen LogP contribution is 2.42. The molecule has 0 radical (unpaired) electrons. The Morgan fingerprint density at radius 1 is 1.21 bits per heavy atom. The molecule has 0 aromatic rings. The molecular formula is C13H24S. The molecule has 0 amide bonds. The Hall–Kier alpha value is 0.350. The lowest BCUT2D eigenvalue weighted by Crippen LogP contribution is -2.28. The average Bonchev–Trinajstić information content (AvgIpc) is 2.62. The largest absolute Gasteiger partial charge is 0.162 e. The molecule has 0 aromatic heterocycles. The molecule has 82 valence electrons. The highest BCUT2D eigenvalue weighted by Gasteiger charge is 2.31. The first-order valence-corrected chi connectivity index (χ1v) is 7.61. The lowest BCUT2D eigenvalue weighted by atomic mass is 9.75. The van der Waals surface area contributed by atoms with E-state index in [0.29, 0.717) is 0 Å². The van der Waals surface area contributed by atoms with Gasteiger partial charge in [0, 0.05) is 5.25 Å². The van der Waals surface area contributed by atoms with Crippen molar-refractivity contribution < 1.29 is 0 Å². The molecule has 2 aliphatic rings. The van der Waals surface area contributed by atoms with E-state index in [2.05, 4.69) is 24.9 Å². The van der Waals surface area contributed by atoms with Gasteiger partial charge >= 0.3 is 0 Å². The first-order valence-electron chi connectivity index (χ1n) is 6.32. The molecule has 0 heterocycles. The van der Waals surface area contributed by atoms with E-state index in [4.69, 9.17) is 0 Å². The fourth-order valence-corrected chi connectivity index (χ4v) is 4.23. The number of thioether (sulfide) groups is 1. The van der Waals surface area contributed by atoms with Crippen molar-refractivity contribution >= 4 is 11.8 Å². The maximum absolute atomic E-state index is 2.50. The second-order valence-corrected chi connectivity index (χ2v) is 6.59. The monoisotopic (exact) mass is 212 g/mol. The molecule has 1 atom stereocenters. The minimum atomic E-state index is 1.01. The van der Waals surface area contributed by atoms with Crippen LogP contribution in [0.1, 0.15) is 51.9 Å². The quantitative estimate of drug-likeness (QED) is 0.668. The predicted molar refractivity (Wildman–Crippen MR) is 65.8 cm³/mol. The second kappa shape index (κ2) is 4.92. The van der Waals surface area contributed by atoms with E-state index in [1.807, 2.05) is 0 Å². The second-order valence-electron chi connectivity index (χ2n) is 5.45. The van der Waals surface area contributed by atoms with Gasteiger partial charge in [-0.15, -0.1) is 0 Å². The molecule has 0 aromatic carbocycles. The molecule has 1 unspecified atom stereocenters. The fraction of sp³-hybridized carbons (Fsp3) is 1.00. The van der Waals surface area contributed by atoms with Crippen LogP contribution in [0.15, 0.2) is 0 Å². The van der Waals surface area contributed by atoms with E-state index >= 15 is 0 Å². The van der Waals surface area contributed by atoms with Gasteiger partial charge in [-0.2, -0.15) is 11.8 Å². The summed E-state index contributed by atoms with van der Waals surface area (Å²) in [5, 5.41) is 1.01. The van der Waals surface area contributed by atoms with Crippen molar-refractivity contribution in [3.8, 4) is 0 Å². The molecule has 0 nitrogen and oxygen atoms in total. The number of hydrogen-bond acceptors (Lipinski definition) is 1. The van der Waals surface area contributed by atoms with Gasteiger partial charge in [0.1, 0.15) is 0 Å². The van der Waals surface area contributed by atoms with Crippen LogP contribution >= 0.6 is 11.8 Å². The highest BCUT2D eigenvalue weighted by atomic mass is 32.2. The first-order chi connectivity index (χ1) is 6.79. The predicted octanol–water partition coefficient (Wildman–Crippen LogP) is 4.34. The van der Waals surface area contributed by atoms with Crippen LogP contribution in [0.4, 0.5) is 0 Å². The minimum absolute atomic E-state index is 1.01. The van der Waals surface area contributed by atoms with Crippen molar-refractivity contribution in [3.05, 3.63) is 0 Å². The van der Waals surface area contributed by atoms with Crippen LogP contribution in [0.25, 0.3) is 0 Å². The molecule has 14 heavy (non-hydrogen) atoms. The van der Waals surface area contributed by atoms with Gasteiger partial charge in [-0.05, 0) is 43.3 Å². The summed E-state index contributed by atoms with van der Waals surface area (Å²) in [4.78, 5) is 0. The van der Waals surface area contributed by atoms with E-state index in [9.17, 15) is 0 Å². The Bertz CT molecular complexity index is 166. The number of hydrogen-bond donors (Lipinski definition) is 0. The zero-order valence-electron chi connectivity index (χ0n) is 9.67. The molecule has 0 bridgehead atoms. The maximum Gasteiger partial charge on any atom is 0.00495 e. The van der Waals surface area contributed by atoms with Crippen molar-refractivity contribution in [1.29, 1.82) is 0 Å². The summed E-state index contributed by atoms with van der Waals surface area (Å²) in [5.74, 6) is 3.19. The first kappa shape index (κ1) is 10.9. The van der Waals surface area contributed by atoms with E-state index in [1.165, 1.54) is 44.9 Å². The molecule has 1 heteroatoms. The molecular weight excluding hydrogens is 188 g/mol. The van der Waals surface area contributed by atoms with Gasteiger partial charge in [-0.25, -0.2) is 0 Å². The van der Waals surface area contributed by atoms with Crippen molar-refractivity contribution in [2.24, 2.45) is 17.8 Å². The van der Waals surface area contributed by atoms with Crippen LogP contribution in [-0.2, 0) is 0 Å². The van der Waals surface area contributed by atoms with E-state index in [1.54, 1.807) is 0 Å². The Morgan fingerprint density at radius 2 is 1.86 bits per heavy atom. The molecule has 2 rings (SSSR count). The third kappa shape index (κ3) is 2.48. The standard InChI is InChI=1S/C13H24S/c1-10(12-5-3-4-6-12)7-11-8-13(9-11)14-2/h10-13H,3-9H2,1-2H3. The van der Waals surface area contributed by atoms with Crippen LogP contribution < -0.4 is 0 Å². The van der Waals surface area contributed by atoms with Gasteiger partial charge in [0.05, 0.1) is 0 Å². The summed E-state index contributed by atoms with van der Waals surface area (Å²) in [7, 11) is 0. The van der Waals surface area contributed by atoms with Crippen molar-refractivity contribution in [2.45, 2.75) is 57.1 Å². The molecule has 2 saturated carbocycles. The van der Waals surface area contributed by atoms with Gasteiger partial charge in [-0.3, -0.25) is 0 Å². The van der Waals surface area contributed by atoms with E-state index in [-0.39, 0.29) is 0 Å². The minimum Gasteiger partial charge on any atom is -0.162 e.